The molecule has 0 radical (unpaired) electrons. The van der Waals surface area contributed by atoms with Crippen LogP contribution in [-0.4, -0.2) is 19.1 Å². The summed E-state index contributed by atoms with van der Waals surface area (Å²) in [5.41, 5.74) is 6.27. The van der Waals surface area contributed by atoms with Crippen LogP contribution in [0.25, 0.3) is 0 Å². The maximum Gasteiger partial charge on any atom is 0.305 e. The van der Waals surface area contributed by atoms with E-state index < -0.39 is 0 Å². The summed E-state index contributed by atoms with van der Waals surface area (Å²) in [6, 6.07) is 0.434. The van der Waals surface area contributed by atoms with Gasteiger partial charge in [0.25, 0.3) is 0 Å². The van der Waals surface area contributed by atoms with Crippen LogP contribution in [0, 0.1) is 17.8 Å². The number of carbonyl (C=O) groups is 1. The number of hydrogen-bond acceptors (Lipinski definition) is 3. The largest absolute Gasteiger partial charge is 0.469 e. The van der Waals surface area contributed by atoms with Crippen molar-refractivity contribution in [2.45, 2.75) is 51.0 Å². The molecule has 2 fully saturated rings. The Morgan fingerprint density at radius 1 is 1.33 bits per heavy atom. The van der Waals surface area contributed by atoms with E-state index in [1.54, 1.807) is 0 Å². The Morgan fingerprint density at radius 2 is 2.11 bits per heavy atom. The quantitative estimate of drug-likeness (QED) is 0.448. The van der Waals surface area contributed by atoms with Crippen molar-refractivity contribution in [1.29, 1.82) is 0 Å². The van der Waals surface area contributed by atoms with Gasteiger partial charge in [0.1, 0.15) is 0 Å². The fraction of sp³-hybridized carbons (Fsp3) is 0.800. The van der Waals surface area contributed by atoms with Crippen molar-refractivity contribution < 1.29 is 9.53 Å². The minimum Gasteiger partial charge on any atom is -0.469 e. The summed E-state index contributed by atoms with van der Waals surface area (Å²) < 4.78 is 4.61. The molecule has 2 N–H and O–H groups in total. The number of hydrogen-bond donors (Lipinski definition) is 1. The van der Waals surface area contributed by atoms with Gasteiger partial charge in [-0.25, -0.2) is 0 Å². The summed E-state index contributed by atoms with van der Waals surface area (Å²) in [7, 11) is 1.44. The van der Waals surface area contributed by atoms with Gasteiger partial charge in [-0.3, -0.25) is 4.79 Å². The lowest BCUT2D eigenvalue weighted by Crippen LogP contribution is -2.35. The Hall–Kier alpha value is -0.830. The van der Waals surface area contributed by atoms with Gasteiger partial charge in [0.05, 0.1) is 7.11 Å². The zero-order chi connectivity index (χ0) is 13.0. The summed E-state index contributed by atoms with van der Waals surface area (Å²) in [4.78, 5) is 10.9. The molecule has 3 nitrogen and oxygen atoms in total. The van der Waals surface area contributed by atoms with Gasteiger partial charge in [-0.15, -0.1) is 0 Å². The predicted octanol–water partition coefficient (Wildman–Crippen LogP) is 2.65. The lowest BCUT2D eigenvalue weighted by Gasteiger charge is -2.27. The second kappa shape index (κ2) is 6.37. The first kappa shape index (κ1) is 13.6. The Bertz CT molecular complexity index is 312. The number of carbonyl (C=O) groups excluding carboxylic acids is 1. The fourth-order valence-corrected chi connectivity index (χ4v) is 3.64. The standard InChI is InChI=1S/C15H25NO2/c1-18-14(17)7-5-3-2-4-6-13-11-8-9-12(10-11)15(13)16/h2,4,11-13,15H,3,5-10,16H2,1H3/b4-2-/t11-,12+,13+,15?/m1/s1. The topological polar surface area (TPSA) is 52.3 Å². The molecule has 1 unspecified atom stereocenters. The van der Waals surface area contributed by atoms with Crippen LogP contribution in [0.4, 0.5) is 0 Å². The zero-order valence-corrected chi connectivity index (χ0v) is 11.3. The summed E-state index contributed by atoms with van der Waals surface area (Å²) in [6.45, 7) is 0. The van der Waals surface area contributed by atoms with Gasteiger partial charge in [0.2, 0.25) is 0 Å². The van der Waals surface area contributed by atoms with Crippen molar-refractivity contribution in [2.24, 2.45) is 23.5 Å². The van der Waals surface area contributed by atoms with Crippen molar-refractivity contribution in [2.75, 3.05) is 7.11 Å². The SMILES string of the molecule is COC(=O)CCC/C=C\C[C@@H]1C(N)[C@H]2CC[C@@H]1C2. The lowest BCUT2D eigenvalue weighted by atomic mass is 9.83. The van der Waals surface area contributed by atoms with Crippen LogP contribution >= 0.6 is 0 Å². The van der Waals surface area contributed by atoms with Crippen LogP contribution < -0.4 is 5.73 Å². The molecule has 0 aromatic carbocycles. The van der Waals surface area contributed by atoms with Crippen molar-refractivity contribution in [3.63, 3.8) is 0 Å². The number of nitrogens with two attached hydrogens (primary N) is 1. The highest BCUT2D eigenvalue weighted by atomic mass is 16.5. The molecular formula is C15H25NO2. The highest BCUT2D eigenvalue weighted by Crippen LogP contribution is 2.48. The Kier molecular flexibility index (Phi) is 4.81. The van der Waals surface area contributed by atoms with Gasteiger partial charge in [-0.1, -0.05) is 12.2 Å². The predicted molar refractivity (Wildman–Crippen MR) is 71.9 cm³/mol. The number of ether oxygens (including phenoxy) is 1. The average Bonchev–Trinajstić information content (AvgIpc) is 2.95. The van der Waals surface area contributed by atoms with Gasteiger partial charge in [0, 0.05) is 12.5 Å². The number of rotatable bonds is 6. The van der Waals surface area contributed by atoms with E-state index in [1.807, 2.05) is 0 Å². The molecular weight excluding hydrogens is 226 g/mol. The molecule has 0 aliphatic heterocycles. The minimum atomic E-state index is -0.112. The second-order valence-electron chi connectivity index (χ2n) is 5.75. The molecule has 2 bridgehead atoms. The first-order valence-corrected chi connectivity index (χ1v) is 7.19. The van der Waals surface area contributed by atoms with E-state index in [2.05, 4.69) is 16.9 Å². The van der Waals surface area contributed by atoms with E-state index in [9.17, 15) is 4.79 Å². The highest BCUT2D eigenvalue weighted by molar-refractivity contribution is 5.68. The van der Waals surface area contributed by atoms with E-state index in [4.69, 9.17) is 5.73 Å². The molecule has 0 saturated heterocycles. The molecule has 0 spiro atoms. The highest BCUT2D eigenvalue weighted by Gasteiger charge is 2.44. The number of esters is 1. The van der Waals surface area contributed by atoms with Gasteiger partial charge in [0.15, 0.2) is 0 Å². The maximum absolute atomic E-state index is 10.9. The van der Waals surface area contributed by atoms with Crippen molar-refractivity contribution in [3.05, 3.63) is 12.2 Å². The van der Waals surface area contributed by atoms with Crippen LogP contribution in [0.2, 0.25) is 0 Å². The maximum atomic E-state index is 10.9. The van der Waals surface area contributed by atoms with Crippen molar-refractivity contribution in [1.82, 2.24) is 0 Å². The van der Waals surface area contributed by atoms with Crippen LogP contribution in [0.15, 0.2) is 12.2 Å². The monoisotopic (exact) mass is 251 g/mol. The summed E-state index contributed by atoms with van der Waals surface area (Å²) in [5.74, 6) is 2.27. The molecule has 2 saturated carbocycles. The van der Waals surface area contributed by atoms with Crippen molar-refractivity contribution >= 4 is 5.97 Å². The van der Waals surface area contributed by atoms with Crippen LogP contribution in [0.5, 0.6) is 0 Å². The third kappa shape index (κ3) is 3.14. The van der Waals surface area contributed by atoms with Gasteiger partial charge in [-0.2, -0.15) is 0 Å². The molecule has 3 heteroatoms. The summed E-state index contributed by atoms with van der Waals surface area (Å²) >= 11 is 0. The van der Waals surface area contributed by atoms with Crippen LogP contribution in [-0.2, 0) is 9.53 Å². The zero-order valence-electron chi connectivity index (χ0n) is 11.3. The van der Waals surface area contributed by atoms with Gasteiger partial charge >= 0.3 is 5.97 Å². The minimum absolute atomic E-state index is 0.112. The fourth-order valence-electron chi connectivity index (χ4n) is 3.64. The van der Waals surface area contributed by atoms with Gasteiger partial charge < -0.3 is 10.5 Å². The smallest absolute Gasteiger partial charge is 0.305 e. The Balaban J connectivity index is 1.61. The molecule has 0 amide bonds. The van der Waals surface area contributed by atoms with E-state index in [0.29, 0.717) is 18.4 Å². The summed E-state index contributed by atoms with van der Waals surface area (Å²) in [5, 5.41) is 0. The molecule has 2 aliphatic carbocycles. The normalized spacial score (nSPS) is 34.3. The van der Waals surface area contributed by atoms with E-state index >= 15 is 0 Å². The molecule has 0 aromatic rings. The first-order chi connectivity index (χ1) is 8.72. The lowest BCUT2D eigenvalue weighted by molar-refractivity contribution is -0.140. The molecule has 18 heavy (non-hydrogen) atoms. The van der Waals surface area contributed by atoms with E-state index in [1.165, 1.54) is 26.4 Å². The average molecular weight is 251 g/mol. The molecule has 0 aromatic heterocycles. The number of allylic oxidation sites excluding steroid dienone is 2. The number of methoxy groups -OCH3 is 1. The third-order valence-corrected chi connectivity index (χ3v) is 4.71. The Labute approximate surface area is 110 Å². The third-order valence-electron chi connectivity index (χ3n) is 4.71. The van der Waals surface area contributed by atoms with E-state index in [0.717, 1.165) is 31.1 Å². The summed E-state index contributed by atoms with van der Waals surface area (Å²) in [6.07, 6.45) is 12.1. The van der Waals surface area contributed by atoms with E-state index in [-0.39, 0.29) is 5.97 Å². The molecule has 2 aliphatic rings. The molecule has 0 heterocycles. The Morgan fingerprint density at radius 3 is 2.78 bits per heavy atom. The second-order valence-corrected chi connectivity index (χ2v) is 5.75. The first-order valence-electron chi connectivity index (χ1n) is 7.19. The van der Waals surface area contributed by atoms with Gasteiger partial charge in [-0.05, 0) is 56.3 Å². The number of fused-ring (bicyclic) bond motifs is 2. The van der Waals surface area contributed by atoms with Crippen LogP contribution in [0.3, 0.4) is 0 Å². The molecule has 102 valence electrons. The molecule has 4 atom stereocenters. The van der Waals surface area contributed by atoms with Crippen molar-refractivity contribution in [3.8, 4) is 0 Å². The number of unbranched alkanes of at least 4 members (excludes halogenated alkanes) is 1. The molecule has 2 rings (SSSR count). The van der Waals surface area contributed by atoms with Crippen LogP contribution in [0.1, 0.15) is 44.9 Å².